The molecule has 0 bridgehead atoms. The third-order valence-corrected chi connectivity index (χ3v) is 6.57. The summed E-state index contributed by atoms with van der Waals surface area (Å²) >= 11 is 0. The lowest BCUT2D eigenvalue weighted by molar-refractivity contribution is -0.127. The lowest BCUT2D eigenvalue weighted by Crippen LogP contribution is -2.48. The van der Waals surface area contributed by atoms with Gasteiger partial charge >= 0.3 is 0 Å². The van der Waals surface area contributed by atoms with Crippen LogP contribution in [-0.4, -0.2) is 53.3 Å². The molecule has 1 aromatic heterocycles. The van der Waals surface area contributed by atoms with Crippen molar-refractivity contribution in [3.05, 3.63) is 52.4 Å². The van der Waals surface area contributed by atoms with Crippen LogP contribution >= 0.6 is 0 Å². The van der Waals surface area contributed by atoms with Gasteiger partial charge in [0.1, 0.15) is 5.75 Å². The Bertz CT molecular complexity index is 1000. The molecule has 0 aliphatic carbocycles. The molecule has 1 fully saturated rings. The maximum Gasteiger partial charge on any atom is 0.258 e. The number of para-hydroxylation sites is 1. The summed E-state index contributed by atoms with van der Waals surface area (Å²) in [5.74, 6) is 0.416. The number of amides is 1. The Morgan fingerprint density at radius 2 is 1.97 bits per heavy atom. The molecule has 0 radical (unpaired) electrons. The third kappa shape index (κ3) is 3.04. The van der Waals surface area contributed by atoms with Crippen LogP contribution in [0, 0.1) is 11.8 Å². The van der Waals surface area contributed by atoms with Gasteiger partial charge in [-0.25, -0.2) is 0 Å². The first-order chi connectivity index (χ1) is 14.6. The van der Waals surface area contributed by atoms with E-state index in [1.54, 1.807) is 7.11 Å². The number of hydrogen-bond donors (Lipinski definition) is 2. The fourth-order valence-corrected chi connectivity index (χ4v) is 5.33. The van der Waals surface area contributed by atoms with Crippen molar-refractivity contribution in [2.45, 2.75) is 32.5 Å². The number of rotatable bonds is 6. The number of nitrogens with zero attached hydrogens (tertiary/aromatic N) is 2. The second kappa shape index (κ2) is 8.24. The van der Waals surface area contributed by atoms with E-state index in [2.05, 4.69) is 10.2 Å². The zero-order valence-electron chi connectivity index (χ0n) is 17.7. The van der Waals surface area contributed by atoms with Crippen molar-refractivity contribution in [3.63, 3.8) is 0 Å². The van der Waals surface area contributed by atoms with Crippen LogP contribution < -0.4 is 15.6 Å². The number of methoxy groups -OCH3 is 1. The van der Waals surface area contributed by atoms with E-state index in [1.807, 2.05) is 54.8 Å². The van der Waals surface area contributed by atoms with Crippen molar-refractivity contribution in [1.29, 1.82) is 0 Å². The van der Waals surface area contributed by atoms with Crippen molar-refractivity contribution in [2.75, 3.05) is 26.8 Å². The van der Waals surface area contributed by atoms with Gasteiger partial charge in [0.25, 0.3) is 5.56 Å². The zero-order chi connectivity index (χ0) is 21.4. The number of aliphatic hydroxyl groups excluding tert-OH is 1. The predicted octanol–water partition coefficient (Wildman–Crippen LogP) is 1.64. The maximum atomic E-state index is 13.4. The van der Waals surface area contributed by atoms with E-state index in [4.69, 9.17) is 4.74 Å². The Kier molecular flexibility index (Phi) is 5.66. The molecule has 0 saturated carbocycles. The Hall–Kier alpha value is -2.64. The van der Waals surface area contributed by atoms with Crippen LogP contribution in [0.4, 0.5) is 0 Å². The molecule has 160 valence electrons. The normalized spacial score (nSPS) is 25.1. The number of nitrogens with one attached hydrogen (secondary N) is 1. The molecule has 0 unspecified atom stereocenters. The lowest BCUT2D eigenvalue weighted by atomic mass is 9.88. The van der Waals surface area contributed by atoms with Crippen molar-refractivity contribution in [1.82, 2.24) is 14.8 Å². The molecule has 2 aliphatic heterocycles. The summed E-state index contributed by atoms with van der Waals surface area (Å²) in [4.78, 5) is 28.3. The van der Waals surface area contributed by atoms with Crippen LogP contribution in [0.2, 0.25) is 0 Å². The number of carbonyl (C=O) groups is 1. The molecule has 2 aromatic rings. The average molecular weight is 412 g/mol. The van der Waals surface area contributed by atoms with Crippen LogP contribution in [0.15, 0.2) is 41.2 Å². The van der Waals surface area contributed by atoms with Crippen LogP contribution in [0.1, 0.15) is 25.6 Å². The summed E-state index contributed by atoms with van der Waals surface area (Å²) in [5, 5.41) is 13.1. The van der Waals surface area contributed by atoms with Gasteiger partial charge in [-0.2, -0.15) is 0 Å². The molecule has 30 heavy (non-hydrogen) atoms. The van der Waals surface area contributed by atoms with Crippen molar-refractivity contribution < 1.29 is 14.6 Å². The molecule has 0 spiro atoms. The van der Waals surface area contributed by atoms with Gasteiger partial charge < -0.3 is 19.7 Å². The largest absolute Gasteiger partial charge is 0.496 e. The van der Waals surface area contributed by atoms with Gasteiger partial charge in [0, 0.05) is 42.8 Å². The highest BCUT2D eigenvalue weighted by atomic mass is 16.5. The monoisotopic (exact) mass is 411 g/mol. The smallest absolute Gasteiger partial charge is 0.258 e. The summed E-state index contributed by atoms with van der Waals surface area (Å²) in [7, 11) is 1.60. The molecule has 2 N–H and O–H groups in total. The fraction of sp³-hybridized carbons (Fsp3) is 0.478. The fourth-order valence-electron chi connectivity index (χ4n) is 5.33. The summed E-state index contributed by atoms with van der Waals surface area (Å²) in [6.45, 7) is 5.56. The van der Waals surface area contributed by atoms with Crippen LogP contribution in [0.3, 0.4) is 0 Å². The molecule has 1 amide bonds. The maximum absolute atomic E-state index is 13.4. The zero-order valence-corrected chi connectivity index (χ0v) is 17.7. The van der Waals surface area contributed by atoms with Crippen LogP contribution in [0.25, 0.3) is 11.1 Å². The van der Waals surface area contributed by atoms with E-state index < -0.39 is 0 Å². The van der Waals surface area contributed by atoms with Gasteiger partial charge in [-0.1, -0.05) is 25.1 Å². The van der Waals surface area contributed by atoms with Gasteiger partial charge in [-0.3, -0.25) is 14.5 Å². The number of likely N-dealkylation sites (tertiary alicyclic amines) is 1. The second-order valence-corrected chi connectivity index (χ2v) is 7.91. The first kappa shape index (κ1) is 20.6. The van der Waals surface area contributed by atoms with E-state index in [0.29, 0.717) is 30.9 Å². The molecule has 2 aliphatic rings. The second-order valence-electron chi connectivity index (χ2n) is 7.91. The minimum atomic E-state index is -0.382. The summed E-state index contributed by atoms with van der Waals surface area (Å²) < 4.78 is 7.26. The summed E-state index contributed by atoms with van der Waals surface area (Å²) in [6, 6.07) is 10.9. The number of fused-ring (bicyclic) bond motifs is 3. The first-order valence-corrected chi connectivity index (χ1v) is 10.6. The Balaban J connectivity index is 1.78. The van der Waals surface area contributed by atoms with Crippen molar-refractivity contribution in [2.24, 2.45) is 11.8 Å². The number of aliphatic hydroxyl groups is 1. The molecular formula is C23H29N3O4. The topological polar surface area (TPSA) is 83.8 Å². The number of carbonyl (C=O) groups excluding carboxylic acids is 1. The van der Waals surface area contributed by atoms with E-state index in [0.717, 1.165) is 11.3 Å². The number of pyridine rings is 1. The number of hydrogen-bond acceptors (Lipinski definition) is 5. The minimum absolute atomic E-state index is 0.0168. The van der Waals surface area contributed by atoms with E-state index in [1.165, 1.54) is 0 Å². The van der Waals surface area contributed by atoms with Crippen LogP contribution in [0.5, 0.6) is 5.75 Å². The summed E-state index contributed by atoms with van der Waals surface area (Å²) in [5.41, 5.74) is 2.22. The Morgan fingerprint density at radius 1 is 1.20 bits per heavy atom. The average Bonchev–Trinajstić information content (AvgIpc) is 3.29. The third-order valence-electron chi connectivity index (χ3n) is 6.57. The van der Waals surface area contributed by atoms with Gasteiger partial charge in [-0.15, -0.1) is 0 Å². The number of ether oxygens (including phenoxy) is 1. The standard InChI is InChI=1S/C23H29N3O4/c1-4-24-22(28)21-17(13-27)16-12-26-18(20(16)25(21)5-2)11-10-15(23(26)29)14-8-6-7-9-19(14)30-3/h6-11,16-17,20-21,27H,4-5,12-13H2,1-3H3,(H,24,28)/t16-,17-,20+,21-/m0/s1. The minimum Gasteiger partial charge on any atom is -0.496 e. The molecule has 3 heterocycles. The van der Waals surface area contributed by atoms with Gasteiger partial charge in [0.2, 0.25) is 5.91 Å². The lowest BCUT2D eigenvalue weighted by Gasteiger charge is -2.29. The molecule has 4 rings (SSSR count). The SMILES string of the molecule is CCNC(=O)[C@@H]1[C@@H](CO)[C@@H]2Cn3c(ccc(-c4ccccc4OC)c3=O)[C@@H]2N1CC. The molecule has 1 saturated heterocycles. The highest BCUT2D eigenvalue weighted by Gasteiger charge is 2.54. The first-order valence-electron chi connectivity index (χ1n) is 10.6. The van der Waals surface area contributed by atoms with E-state index in [-0.39, 0.29) is 42.0 Å². The van der Waals surface area contributed by atoms with Gasteiger partial charge in [-0.05, 0) is 31.7 Å². The van der Waals surface area contributed by atoms with E-state index in [9.17, 15) is 14.7 Å². The molecule has 4 atom stereocenters. The summed E-state index contributed by atoms with van der Waals surface area (Å²) in [6.07, 6.45) is 0. The molecule has 7 nitrogen and oxygen atoms in total. The van der Waals surface area contributed by atoms with Gasteiger partial charge in [0.05, 0.1) is 24.8 Å². The van der Waals surface area contributed by atoms with Gasteiger partial charge in [0.15, 0.2) is 0 Å². The Labute approximate surface area is 176 Å². The number of benzene rings is 1. The molecule has 7 heteroatoms. The Morgan fingerprint density at radius 3 is 2.63 bits per heavy atom. The highest BCUT2D eigenvalue weighted by Crippen LogP contribution is 2.49. The van der Waals surface area contributed by atoms with Crippen molar-refractivity contribution >= 4 is 5.91 Å². The highest BCUT2D eigenvalue weighted by molar-refractivity contribution is 5.82. The quantitative estimate of drug-likeness (QED) is 0.755. The number of aromatic nitrogens is 1. The van der Waals surface area contributed by atoms with Crippen molar-refractivity contribution in [3.8, 4) is 16.9 Å². The van der Waals surface area contributed by atoms with Crippen LogP contribution in [-0.2, 0) is 11.3 Å². The molecular weight excluding hydrogens is 382 g/mol. The molecule has 1 aromatic carbocycles. The van der Waals surface area contributed by atoms with E-state index >= 15 is 0 Å². The number of likely N-dealkylation sites (N-methyl/N-ethyl adjacent to an activating group) is 2. The predicted molar refractivity (Wildman–Crippen MR) is 114 cm³/mol.